The molecule has 0 fully saturated rings. The highest BCUT2D eigenvalue weighted by atomic mass is 79.9. The van der Waals surface area contributed by atoms with Gasteiger partial charge in [-0.3, -0.25) is 10.2 Å². The number of rotatable bonds is 11. The summed E-state index contributed by atoms with van der Waals surface area (Å²) in [5, 5.41) is 8.93. The van der Waals surface area contributed by atoms with Gasteiger partial charge in [0.05, 0.1) is 6.61 Å². The van der Waals surface area contributed by atoms with E-state index in [0.717, 1.165) is 21.2 Å². The van der Waals surface area contributed by atoms with Gasteiger partial charge in [-0.15, -0.1) is 0 Å². The smallest absolute Gasteiger partial charge is 0.266 e. The molecule has 0 saturated heterocycles. The molecule has 3 aromatic rings. The van der Waals surface area contributed by atoms with Crippen molar-refractivity contribution in [1.82, 2.24) is 10.9 Å². The van der Waals surface area contributed by atoms with Gasteiger partial charge in [0.15, 0.2) is 17.0 Å². The van der Waals surface area contributed by atoms with E-state index in [4.69, 9.17) is 29.0 Å². The van der Waals surface area contributed by atoms with Crippen LogP contribution in [0.5, 0.6) is 17.2 Å². The van der Waals surface area contributed by atoms with E-state index < -0.39 is 5.54 Å². The van der Waals surface area contributed by atoms with Gasteiger partial charge in [0.1, 0.15) is 12.4 Å². The van der Waals surface area contributed by atoms with Crippen LogP contribution in [-0.4, -0.2) is 49.1 Å². The fourth-order valence-electron chi connectivity index (χ4n) is 4.18. The molecule has 0 aliphatic carbocycles. The molecule has 0 bridgehead atoms. The fourth-order valence-corrected chi connectivity index (χ4v) is 4.61. The largest absolute Gasteiger partial charge is 0.494 e. The lowest BCUT2D eigenvalue weighted by Gasteiger charge is -2.24. The summed E-state index contributed by atoms with van der Waals surface area (Å²) < 4.78 is 23.3. The maximum atomic E-state index is 13.6. The number of halogens is 1. The number of nitrogens with zero attached hydrogens (tertiary/aromatic N) is 1. The molecule has 1 atom stereocenters. The van der Waals surface area contributed by atoms with Crippen LogP contribution < -0.4 is 25.1 Å². The number of ether oxygens (including phenoxy) is 4. The van der Waals surface area contributed by atoms with Crippen molar-refractivity contribution >= 4 is 27.7 Å². The lowest BCUT2D eigenvalue weighted by molar-refractivity contribution is -0.127. The van der Waals surface area contributed by atoms with Crippen LogP contribution in [0, 0.1) is 0 Å². The van der Waals surface area contributed by atoms with Crippen molar-refractivity contribution in [3.05, 3.63) is 87.9 Å². The third-order valence-corrected chi connectivity index (χ3v) is 7.00. The van der Waals surface area contributed by atoms with Gasteiger partial charge in [-0.1, -0.05) is 40.2 Å². The van der Waals surface area contributed by atoms with Crippen molar-refractivity contribution in [2.24, 2.45) is 4.99 Å². The van der Waals surface area contributed by atoms with E-state index in [2.05, 4.69) is 26.8 Å². The highest BCUT2D eigenvalue weighted by molar-refractivity contribution is 9.10. The molecule has 1 amide bonds. The molecule has 5 rings (SSSR count). The molecule has 2 aliphatic rings. The predicted molar refractivity (Wildman–Crippen MR) is 144 cm³/mol. The zero-order valence-electron chi connectivity index (χ0n) is 20.6. The highest BCUT2D eigenvalue weighted by Gasteiger charge is 2.45. The minimum Gasteiger partial charge on any atom is -0.494 e. The molecule has 198 valence electrons. The Morgan fingerprint density at radius 1 is 1.05 bits per heavy atom. The van der Waals surface area contributed by atoms with Gasteiger partial charge in [-0.25, -0.2) is 10.4 Å². The monoisotopic (exact) mass is 581 g/mol. The Morgan fingerprint density at radius 2 is 1.87 bits per heavy atom. The van der Waals surface area contributed by atoms with Crippen LogP contribution in [0.15, 0.2) is 76.2 Å². The van der Waals surface area contributed by atoms with Crippen LogP contribution in [0.1, 0.15) is 23.1 Å². The molecule has 0 radical (unpaired) electrons. The van der Waals surface area contributed by atoms with Crippen molar-refractivity contribution in [3.63, 3.8) is 0 Å². The van der Waals surface area contributed by atoms with Crippen LogP contribution in [0.4, 0.5) is 0 Å². The number of aliphatic hydroxyl groups is 1. The molecule has 38 heavy (non-hydrogen) atoms. The van der Waals surface area contributed by atoms with Gasteiger partial charge >= 0.3 is 0 Å². The lowest BCUT2D eigenvalue weighted by atomic mass is 9.91. The standard InChI is InChI=1S/C28H28BrN3O6/c29-23-5-2-1-4-21(23)15-28(27(34)32-30-16-19-6-11-24-25(14-19)38-18-37-24)17-36-26(31-28)20-7-9-22(10-8-20)35-13-3-12-33/h1-2,4-11,14,30,33H,3,12-13,15-18H2,(H,32,34)/t28-/m0/s1. The summed E-state index contributed by atoms with van der Waals surface area (Å²) >= 11 is 3.59. The first-order valence-electron chi connectivity index (χ1n) is 12.3. The van der Waals surface area contributed by atoms with E-state index >= 15 is 0 Å². The first-order valence-corrected chi connectivity index (χ1v) is 13.1. The number of aliphatic imine (C=N–C) groups is 1. The Balaban J connectivity index is 1.31. The number of aliphatic hydroxyl groups excluding tert-OH is 1. The van der Waals surface area contributed by atoms with Gasteiger partial charge in [0, 0.05) is 36.0 Å². The molecular formula is C28H28BrN3O6. The Bertz CT molecular complexity index is 1320. The van der Waals surface area contributed by atoms with Crippen molar-refractivity contribution in [2.45, 2.75) is 24.9 Å². The van der Waals surface area contributed by atoms with Crippen molar-refractivity contribution in [3.8, 4) is 17.2 Å². The number of carbonyl (C=O) groups is 1. The number of fused-ring (bicyclic) bond motifs is 1. The van der Waals surface area contributed by atoms with Crippen molar-refractivity contribution in [1.29, 1.82) is 0 Å². The number of benzene rings is 3. The molecule has 3 N–H and O–H groups in total. The molecule has 2 heterocycles. The lowest BCUT2D eigenvalue weighted by Crippen LogP contribution is -2.52. The molecule has 0 spiro atoms. The molecular weight excluding hydrogens is 554 g/mol. The van der Waals surface area contributed by atoms with E-state index in [1.807, 2.05) is 66.7 Å². The Hall–Kier alpha value is -3.60. The van der Waals surface area contributed by atoms with E-state index in [-0.39, 0.29) is 25.9 Å². The van der Waals surface area contributed by atoms with Gasteiger partial charge in [0.25, 0.3) is 5.91 Å². The van der Waals surface area contributed by atoms with Gasteiger partial charge in [0.2, 0.25) is 12.7 Å². The Labute approximate surface area is 228 Å². The number of hydrogen-bond donors (Lipinski definition) is 3. The first-order chi connectivity index (χ1) is 18.6. The van der Waals surface area contributed by atoms with Gasteiger partial charge < -0.3 is 24.1 Å². The molecule has 0 aromatic heterocycles. The zero-order chi connectivity index (χ0) is 26.4. The fraction of sp³-hybridized carbons (Fsp3) is 0.286. The maximum absolute atomic E-state index is 13.6. The summed E-state index contributed by atoms with van der Waals surface area (Å²) in [7, 11) is 0. The Kier molecular flexibility index (Phi) is 8.11. The third-order valence-electron chi connectivity index (χ3n) is 6.23. The molecule has 9 nitrogen and oxygen atoms in total. The SMILES string of the molecule is O=C(NNCc1ccc2c(c1)OCO2)[C@]1(Cc2ccccc2Br)COC(c2ccc(OCCCO)cc2)=N1. The van der Waals surface area contributed by atoms with Crippen LogP contribution in [-0.2, 0) is 22.5 Å². The molecule has 3 aromatic carbocycles. The second-order valence-electron chi connectivity index (χ2n) is 8.95. The van der Waals surface area contributed by atoms with Crippen molar-refractivity contribution in [2.75, 3.05) is 26.6 Å². The first kappa shape index (κ1) is 26.0. The quantitative estimate of drug-likeness (QED) is 0.235. The van der Waals surface area contributed by atoms with Crippen molar-refractivity contribution < 1.29 is 28.8 Å². The molecule has 0 saturated carbocycles. The second-order valence-corrected chi connectivity index (χ2v) is 9.81. The average molecular weight is 582 g/mol. The number of hydrazine groups is 1. The molecule has 10 heteroatoms. The average Bonchev–Trinajstić information content (AvgIpc) is 3.58. The summed E-state index contributed by atoms with van der Waals surface area (Å²) in [5.41, 5.74) is 7.29. The van der Waals surface area contributed by atoms with Crippen LogP contribution in [0.3, 0.4) is 0 Å². The molecule has 0 unspecified atom stereocenters. The number of carbonyl (C=O) groups excluding carboxylic acids is 1. The van der Waals surface area contributed by atoms with E-state index in [9.17, 15) is 4.79 Å². The van der Waals surface area contributed by atoms with Gasteiger partial charge in [-0.05, 0) is 53.6 Å². The Morgan fingerprint density at radius 3 is 2.68 bits per heavy atom. The topological polar surface area (TPSA) is 111 Å². The minimum atomic E-state index is -1.17. The van der Waals surface area contributed by atoms with Crippen LogP contribution in [0.2, 0.25) is 0 Å². The maximum Gasteiger partial charge on any atom is 0.266 e. The highest BCUT2D eigenvalue weighted by Crippen LogP contribution is 2.33. The summed E-state index contributed by atoms with van der Waals surface area (Å²) in [4.78, 5) is 18.4. The van der Waals surface area contributed by atoms with E-state index in [0.29, 0.717) is 49.1 Å². The number of amides is 1. The predicted octanol–water partition coefficient (Wildman–Crippen LogP) is 3.52. The van der Waals surface area contributed by atoms with Gasteiger partial charge in [-0.2, -0.15) is 0 Å². The van der Waals surface area contributed by atoms with Crippen LogP contribution >= 0.6 is 15.9 Å². The summed E-state index contributed by atoms with van der Waals surface area (Å²) in [6, 6.07) is 20.7. The second kappa shape index (κ2) is 11.8. The van der Waals surface area contributed by atoms with E-state index in [1.54, 1.807) is 0 Å². The normalized spacial score (nSPS) is 17.6. The van der Waals surface area contributed by atoms with Crippen LogP contribution in [0.25, 0.3) is 0 Å². The summed E-state index contributed by atoms with van der Waals surface area (Å²) in [6.07, 6.45) is 0.908. The summed E-state index contributed by atoms with van der Waals surface area (Å²) in [5.74, 6) is 2.17. The molecule has 2 aliphatic heterocycles. The zero-order valence-corrected chi connectivity index (χ0v) is 22.2. The summed E-state index contributed by atoms with van der Waals surface area (Å²) in [6.45, 7) is 1.21. The third kappa shape index (κ3) is 5.93. The number of hydrogen-bond acceptors (Lipinski definition) is 8. The number of nitrogens with one attached hydrogen (secondary N) is 2. The minimum absolute atomic E-state index is 0.0793. The van der Waals surface area contributed by atoms with E-state index in [1.165, 1.54) is 0 Å².